The first-order chi connectivity index (χ1) is 13.5. The lowest BCUT2D eigenvalue weighted by molar-refractivity contribution is -0.120. The zero-order valence-electron chi connectivity index (χ0n) is 16.3. The van der Waals surface area contributed by atoms with Crippen LogP contribution in [-0.2, 0) is 4.79 Å². The molecule has 1 saturated heterocycles. The van der Waals surface area contributed by atoms with Gasteiger partial charge in [0.1, 0.15) is 5.75 Å². The minimum Gasteiger partial charge on any atom is -0.482 e. The Morgan fingerprint density at radius 3 is 2.89 bits per heavy atom. The van der Waals surface area contributed by atoms with Crippen molar-refractivity contribution in [3.63, 3.8) is 0 Å². The quantitative estimate of drug-likeness (QED) is 0.864. The molecule has 2 aliphatic heterocycles. The fourth-order valence-electron chi connectivity index (χ4n) is 3.91. The van der Waals surface area contributed by atoms with Crippen molar-refractivity contribution in [3.05, 3.63) is 53.6 Å². The number of ether oxygens (including phenoxy) is 1. The Morgan fingerprint density at radius 1 is 1.21 bits per heavy atom. The van der Waals surface area contributed by atoms with E-state index in [0.717, 1.165) is 19.4 Å². The third-order valence-corrected chi connectivity index (χ3v) is 5.52. The normalized spacial score (nSPS) is 19.1. The third kappa shape index (κ3) is 3.67. The zero-order chi connectivity index (χ0) is 19.7. The lowest BCUT2D eigenvalue weighted by Crippen LogP contribution is -2.41. The molecule has 1 fully saturated rings. The van der Waals surface area contributed by atoms with Crippen molar-refractivity contribution in [3.8, 4) is 5.75 Å². The van der Waals surface area contributed by atoms with Crippen LogP contribution in [0.3, 0.4) is 0 Å². The summed E-state index contributed by atoms with van der Waals surface area (Å²) >= 11 is 0. The van der Waals surface area contributed by atoms with E-state index >= 15 is 0 Å². The van der Waals surface area contributed by atoms with Gasteiger partial charge in [0.15, 0.2) is 6.61 Å². The van der Waals surface area contributed by atoms with Crippen LogP contribution in [0.4, 0.5) is 16.2 Å². The Hall–Kier alpha value is -3.02. The van der Waals surface area contributed by atoms with Crippen LogP contribution in [-0.4, -0.2) is 43.6 Å². The van der Waals surface area contributed by atoms with E-state index in [1.807, 2.05) is 11.0 Å². The van der Waals surface area contributed by atoms with E-state index < -0.39 is 0 Å². The summed E-state index contributed by atoms with van der Waals surface area (Å²) < 4.78 is 5.44. The van der Waals surface area contributed by atoms with Crippen LogP contribution in [0.1, 0.15) is 29.9 Å². The highest BCUT2D eigenvalue weighted by atomic mass is 16.5. The number of hydrogen-bond donors (Lipinski definition) is 1. The highest BCUT2D eigenvalue weighted by Crippen LogP contribution is 2.34. The number of carbonyl (C=O) groups excluding carboxylic acids is 2. The number of likely N-dealkylation sites (N-methyl/N-ethyl adjacent to an activating group) is 1. The van der Waals surface area contributed by atoms with Crippen molar-refractivity contribution < 1.29 is 14.3 Å². The topological polar surface area (TPSA) is 61.9 Å². The number of fused-ring (bicyclic) bond motifs is 1. The first-order valence-electron chi connectivity index (χ1n) is 9.67. The SMILES string of the molecule is Cc1cccc([C@@H]2CCCN(C(=O)Nc3ccc4c(c3)N(C)C(=O)CO4)C2)c1. The molecule has 146 valence electrons. The molecule has 28 heavy (non-hydrogen) atoms. The Kier molecular flexibility index (Phi) is 4.94. The maximum absolute atomic E-state index is 12.8. The van der Waals surface area contributed by atoms with Gasteiger partial charge in [-0.15, -0.1) is 0 Å². The molecule has 2 aromatic rings. The summed E-state index contributed by atoms with van der Waals surface area (Å²) in [4.78, 5) is 28.1. The molecule has 1 N–H and O–H groups in total. The van der Waals surface area contributed by atoms with Gasteiger partial charge in [0.25, 0.3) is 5.91 Å². The van der Waals surface area contributed by atoms with Gasteiger partial charge in [-0.05, 0) is 43.5 Å². The van der Waals surface area contributed by atoms with Gasteiger partial charge < -0.3 is 19.9 Å². The Labute approximate surface area is 165 Å². The maximum atomic E-state index is 12.8. The van der Waals surface area contributed by atoms with Gasteiger partial charge in [-0.3, -0.25) is 4.79 Å². The summed E-state index contributed by atoms with van der Waals surface area (Å²) in [5.41, 5.74) is 3.87. The Bertz CT molecular complexity index is 912. The van der Waals surface area contributed by atoms with Gasteiger partial charge in [-0.25, -0.2) is 4.79 Å². The van der Waals surface area contributed by atoms with Crippen molar-refractivity contribution in [2.45, 2.75) is 25.7 Å². The molecule has 0 unspecified atom stereocenters. The lowest BCUT2D eigenvalue weighted by Gasteiger charge is -2.33. The van der Waals surface area contributed by atoms with E-state index in [-0.39, 0.29) is 18.5 Å². The predicted molar refractivity (Wildman–Crippen MR) is 109 cm³/mol. The van der Waals surface area contributed by atoms with Crippen molar-refractivity contribution in [1.29, 1.82) is 0 Å². The standard InChI is InChI=1S/C22H25N3O3/c1-15-5-3-6-16(11-15)17-7-4-10-25(13-17)22(27)23-18-8-9-20-19(12-18)24(2)21(26)14-28-20/h3,5-6,8-9,11-12,17H,4,7,10,13-14H2,1-2H3,(H,23,27)/t17-/m1/s1. The van der Waals surface area contributed by atoms with Crippen LogP contribution in [0.5, 0.6) is 5.75 Å². The number of nitrogens with zero attached hydrogens (tertiary/aromatic N) is 2. The minimum absolute atomic E-state index is 0.0450. The largest absolute Gasteiger partial charge is 0.482 e. The number of rotatable bonds is 2. The van der Waals surface area contributed by atoms with Crippen LogP contribution in [0.25, 0.3) is 0 Å². The van der Waals surface area contributed by atoms with E-state index in [1.165, 1.54) is 11.1 Å². The highest BCUT2D eigenvalue weighted by molar-refractivity contribution is 5.99. The molecule has 3 amide bonds. The van der Waals surface area contributed by atoms with Crippen LogP contribution < -0.4 is 15.0 Å². The van der Waals surface area contributed by atoms with Gasteiger partial charge in [0, 0.05) is 31.7 Å². The number of aryl methyl sites for hydroxylation is 1. The molecule has 1 atom stereocenters. The van der Waals surface area contributed by atoms with Gasteiger partial charge in [-0.1, -0.05) is 29.8 Å². The van der Waals surface area contributed by atoms with Crippen molar-refractivity contribution >= 4 is 23.3 Å². The van der Waals surface area contributed by atoms with Crippen LogP contribution in [0.2, 0.25) is 0 Å². The molecule has 0 saturated carbocycles. The fraction of sp³-hybridized carbons (Fsp3) is 0.364. The second-order valence-corrected chi connectivity index (χ2v) is 7.55. The number of urea groups is 1. The second-order valence-electron chi connectivity index (χ2n) is 7.55. The molecule has 0 aromatic heterocycles. The lowest BCUT2D eigenvalue weighted by atomic mass is 9.90. The van der Waals surface area contributed by atoms with E-state index in [4.69, 9.17) is 4.74 Å². The van der Waals surface area contributed by atoms with E-state index in [2.05, 4.69) is 36.5 Å². The molecular weight excluding hydrogens is 354 g/mol. The monoisotopic (exact) mass is 379 g/mol. The molecule has 0 bridgehead atoms. The number of hydrogen-bond acceptors (Lipinski definition) is 3. The van der Waals surface area contributed by atoms with Gasteiger partial charge in [0.2, 0.25) is 0 Å². The molecule has 2 aromatic carbocycles. The number of anilines is 2. The van der Waals surface area contributed by atoms with Gasteiger partial charge in [0.05, 0.1) is 5.69 Å². The average Bonchev–Trinajstić information content (AvgIpc) is 2.71. The molecule has 6 nitrogen and oxygen atoms in total. The molecule has 2 heterocycles. The smallest absolute Gasteiger partial charge is 0.321 e. The number of likely N-dealkylation sites (tertiary alicyclic amines) is 1. The summed E-state index contributed by atoms with van der Waals surface area (Å²) in [5.74, 6) is 0.908. The molecule has 4 rings (SSSR count). The predicted octanol–water partition coefficient (Wildman–Crippen LogP) is 3.76. The summed E-state index contributed by atoms with van der Waals surface area (Å²) in [6.45, 7) is 3.60. The fourth-order valence-corrected chi connectivity index (χ4v) is 3.91. The third-order valence-electron chi connectivity index (χ3n) is 5.52. The first kappa shape index (κ1) is 18.3. The molecule has 0 spiro atoms. The minimum atomic E-state index is -0.108. The van der Waals surface area contributed by atoms with E-state index in [1.54, 1.807) is 24.1 Å². The molecule has 0 aliphatic carbocycles. The van der Waals surface area contributed by atoms with E-state index in [0.29, 0.717) is 29.6 Å². The Balaban J connectivity index is 1.46. The van der Waals surface area contributed by atoms with Crippen LogP contribution in [0, 0.1) is 6.92 Å². The number of carbonyl (C=O) groups is 2. The summed E-state index contributed by atoms with van der Waals surface area (Å²) in [6.07, 6.45) is 2.08. The molecule has 6 heteroatoms. The summed E-state index contributed by atoms with van der Waals surface area (Å²) in [6, 6.07) is 13.8. The van der Waals surface area contributed by atoms with Crippen LogP contribution >= 0.6 is 0 Å². The van der Waals surface area contributed by atoms with Gasteiger partial charge >= 0.3 is 6.03 Å². The second kappa shape index (κ2) is 7.54. The summed E-state index contributed by atoms with van der Waals surface area (Å²) in [5, 5.41) is 2.97. The number of piperidine rings is 1. The Morgan fingerprint density at radius 2 is 2.07 bits per heavy atom. The van der Waals surface area contributed by atoms with Gasteiger partial charge in [-0.2, -0.15) is 0 Å². The number of amides is 3. The van der Waals surface area contributed by atoms with Crippen molar-refractivity contribution in [2.24, 2.45) is 0 Å². The zero-order valence-corrected chi connectivity index (χ0v) is 16.3. The van der Waals surface area contributed by atoms with E-state index in [9.17, 15) is 9.59 Å². The van der Waals surface area contributed by atoms with Crippen molar-refractivity contribution in [1.82, 2.24) is 4.90 Å². The highest BCUT2D eigenvalue weighted by Gasteiger charge is 2.26. The molecular formula is C22H25N3O3. The number of benzene rings is 2. The average molecular weight is 379 g/mol. The summed E-state index contributed by atoms with van der Waals surface area (Å²) in [7, 11) is 1.71. The molecule has 2 aliphatic rings. The molecule has 0 radical (unpaired) electrons. The first-order valence-corrected chi connectivity index (χ1v) is 9.67. The van der Waals surface area contributed by atoms with Crippen LogP contribution in [0.15, 0.2) is 42.5 Å². The number of nitrogens with one attached hydrogen (secondary N) is 1. The maximum Gasteiger partial charge on any atom is 0.321 e. The van der Waals surface area contributed by atoms with Crippen molar-refractivity contribution in [2.75, 3.05) is 37.0 Å².